The number of carbonyl (C=O) groups is 1. The molecule has 3 nitrogen and oxygen atoms in total. The van der Waals surface area contributed by atoms with Crippen LogP contribution in [0.5, 0.6) is 0 Å². The third-order valence-electron chi connectivity index (χ3n) is 5.11. The molecular formula is C21H41NO2. The maximum Gasteiger partial charge on any atom is 0.306 e. The molecule has 0 amide bonds. The summed E-state index contributed by atoms with van der Waals surface area (Å²) in [4.78, 5) is 14.6. The second-order valence-corrected chi connectivity index (χ2v) is 7.46. The van der Waals surface area contributed by atoms with E-state index in [0.29, 0.717) is 6.42 Å². The maximum atomic E-state index is 12.1. The van der Waals surface area contributed by atoms with E-state index in [2.05, 4.69) is 18.7 Å². The molecule has 1 aliphatic heterocycles. The summed E-state index contributed by atoms with van der Waals surface area (Å²) in [5, 5.41) is 0. The molecule has 0 aliphatic carbocycles. The lowest BCUT2D eigenvalue weighted by molar-refractivity contribution is -0.150. The van der Waals surface area contributed by atoms with Gasteiger partial charge in [0.1, 0.15) is 6.10 Å². The van der Waals surface area contributed by atoms with Gasteiger partial charge < -0.3 is 9.64 Å². The first-order chi connectivity index (χ1) is 11.8. The van der Waals surface area contributed by atoms with E-state index in [1.807, 2.05) is 0 Å². The lowest BCUT2D eigenvalue weighted by atomic mass is 10.0. The van der Waals surface area contributed by atoms with Gasteiger partial charge in [0.25, 0.3) is 0 Å². The molecule has 1 heterocycles. The maximum absolute atomic E-state index is 12.1. The van der Waals surface area contributed by atoms with Crippen LogP contribution in [0.3, 0.4) is 0 Å². The first kappa shape index (κ1) is 21.5. The molecule has 1 saturated heterocycles. The van der Waals surface area contributed by atoms with Gasteiger partial charge in [0.15, 0.2) is 0 Å². The Morgan fingerprint density at radius 1 is 0.875 bits per heavy atom. The Morgan fingerprint density at radius 3 is 2.21 bits per heavy atom. The SMILES string of the molecule is CCCCCCCCC(CCCC)OC(=O)CCCN1CCCC1. The van der Waals surface area contributed by atoms with Crippen molar-refractivity contribution in [3.8, 4) is 0 Å². The van der Waals surface area contributed by atoms with Crippen molar-refractivity contribution in [2.75, 3.05) is 19.6 Å². The van der Waals surface area contributed by atoms with Crippen molar-refractivity contribution in [1.82, 2.24) is 4.90 Å². The number of rotatable bonds is 15. The van der Waals surface area contributed by atoms with Gasteiger partial charge in [-0.05, 0) is 58.2 Å². The Labute approximate surface area is 150 Å². The zero-order chi connectivity index (χ0) is 17.5. The molecule has 0 radical (unpaired) electrons. The summed E-state index contributed by atoms with van der Waals surface area (Å²) in [5.74, 6) is 0.0290. The lowest BCUT2D eigenvalue weighted by Gasteiger charge is -2.19. The van der Waals surface area contributed by atoms with E-state index in [1.54, 1.807) is 0 Å². The predicted molar refractivity (Wildman–Crippen MR) is 102 cm³/mol. The highest BCUT2D eigenvalue weighted by molar-refractivity contribution is 5.69. The molecule has 24 heavy (non-hydrogen) atoms. The van der Waals surface area contributed by atoms with Crippen LogP contribution in [-0.4, -0.2) is 36.6 Å². The monoisotopic (exact) mass is 339 g/mol. The fourth-order valence-corrected chi connectivity index (χ4v) is 3.54. The van der Waals surface area contributed by atoms with E-state index in [9.17, 15) is 4.79 Å². The largest absolute Gasteiger partial charge is 0.462 e. The number of esters is 1. The smallest absolute Gasteiger partial charge is 0.306 e. The Balaban J connectivity index is 2.13. The van der Waals surface area contributed by atoms with Crippen LogP contribution in [-0.2, 0) is 9.53 Å². The molecule has 0 bridgehead atoms. The van der Waals surface area contributed by atoms with Crippen LogP contribution in [0.1, 0.15) is 104 Å². The first-order valence-corrected chi connectivity index (χ1v) is 10.7. The number of likely N-dealkylation sites (tertiary alicyclic amines) is 1. The minimum atomic E-state index is 0.0290. The Morgan fingerprint density at radius 2 is 1.50 bits per heavy atom. The van der Waals surface area contributed by atoms with Gasteiger partial charge in [-0.1, -0.05) is 58.8 Å². The van der Waals surface area contributed by atoms with Crippen LogP contribution in [0.15, 0.2) is 0 Å². The van der Waals surface area contributed by atoms with Gasteiger partial charge in [-0.15, -0.1) is 0 Å². The summed E-state index contributed by atoms with van der Waals surface area (Å²) < 4.78 is 5.79. The predicted octanol–water partition coefficient (Wildman–Crippen LogP) is 5.72. The molecule has 0 saturated carbocycles. The zero-order valence-electron chi connectivity index (χ0n) is 16.4. The van der Waals surface area contributed by atoms with Gasteiger partial charge in [0.05, 0.1) is 0 Å². The van der Waals surface area contributed by atoms with Crippen molar-refractivity contribution >= 4 is 5.97 Å². The van der Waals surface area contributed by atoms with Crippen LogP contribution < -0.4 is 0 Å². The third kappa shape index (κ3) is 11.1. The summed E-state index contributed by atoms with van der Waals surface area (Å²) in [7, 11) is 0. The van der Waals surface area contributed by atoms with Crippen molar-refractivity contribution in [3.05, 3.63) is 0 Å². The average Bonchev–Trinajstić information content (AvgIpc) is 3.09. The second kappa shape index (κ2) is 14.7. The quantitative estimate of drug-likeness (QED) is 0.282. The highest BCUT2D eigenvalue weighted by atomic mass is 16.5. The van der Waals surface area contributed by atoms with Crippen LogP contribution in [0.25, 0.3) is 0 Å². The molecule has 0 spiro atoms. The van der Waals surface area contributed by atoms with Crippen molar-refractivity contribution < 1.29 is 9.53 Å². The van der Waals surface area contributed by atoms with E-state index in [-0.39, 0.29) is 12.1 Å². The molecule has 1 rings (SSSR count). The summed E-state index contributed by atoms with van der Waals surface area (Å²) in [5.41, 5.74) is 0. The minimum Gasteiger partial charge on any atom is -0.462 e. The number of hydrogen-bond donors (Lipinski definition) is 0. The molecular weight excluding hydrogens is 298 g/mol. The van der Waals surface area contributed by atoms with Crippen molar-refractivity contribution in [2.45, 2.75) is 110 Å². The minimum absolute atomic E-state index is 0.0290. The highest BCUT2D eigenvalue weighted by Crippen LogP contribution is 2.16. The van der Waals surface area contributed by atoms with Gasteiger partial charge in [-0.25, -0.2) is 0 Å². The van der Waals surface area contributed by atoms with Gasteiger partial charge in [0.2, 0.25) is 0 Å². The molecule has 1 fully saturated rings. The van der Waals surface area contributed by atoms with Crippen LogP contribution >= 0.6 is 0 Å². The Bertz CT molecular complexity index is 300. The fraction of sp³-hybridized carbons (Fsp3) is 0.952. The number of hydrogen-bond acceptors (Lipinski definition) is 3. The number of ether oxygens (including phenoxy) is 1. The van der Waals surface area contributed by atoms with Gasteiger partial charge in [-0.2, -0.15) is 0 Å². The number of unbranched alkanes of at least 4 members (excludes halogenated alkanes) is 6. The summed E-state index contributed by atoms with van der Waals surface area (Å²) >= 11 is 0. The molecule has 1 aliphatic rings. The molecule has 142 valence electrons. The van der Waals surface area contributed by atoms with Crippen LogP contribution in [0, 0.1) is 0 Å². The topological polar surface area (TPSA) is 29.5 Å². The molecule has 1 atom stereocenters. The first-order valence-electron chi connectivity index (χ1n) is 10.7. The van der Waals surface area contributed by atoms with Crippen LogP contribution in [0.2, 0.25) is 0 Å². The van der Waals surface area contributed by atoms with E-state index >= 15 is 0 Å². The van der Waals surface area contributed by atoms with Gasteiger partial charge in [-0.3, -0.25) is 4.79 Å². The number of nitrogens with zero attached hydrogens (tertiary/aromatic N) is 1. The molecule has 0 aromatic carbocycles. The normalized spacial score (nSPS) is 16.4. The van der Waals surface area contributed by atoms with E-state index in [4.69, 9.17) is 4.74 Å². The average molecular weight is 340 g/mol. The molecule has 0 N–H and O–H groups in total. The van der Waals surface area contributed by atoms with Crippen molar-refractivity contribution in [2.24, 2.45) is 0 Å². The number of carbonyl (C=O) groups excluding carboxylic acids is 1. The molecule has 1 unspecified atom stereocenters. The van der Waals surface area contributed by atoms with Crippen LogP contribution in [0.4, 0.5) is 0 Å². The van der Waals surface area contributed by atoms with Gasteiger partial charge >= 0.3 is 5.97 Å². The Hall–Kier alpha value is -0.570. The summed E-state index contributed by atoms with van der Waals surface area (Å²) in [6.07, 6.45) is 16.6. The van der Waals surface area contributed by atoms with E-state index in [0.717, 1.165) is 25.8 Å². The molecule has 0 aromatic rings. The third-order valence-corrected chi connectivity index (χ3v) is 5.11. The zero-order valence-corrected chi connectivity index (χ0v) is 16.4. The van der Waals surface area contributed by atoms with Crippen molar-refractivity contribution in [3.63, 3.8) is 0 Å². The van der Waals surface area contributed by atoms with Crippen molar-refractivity contribution in [1.29, 1.82) is 0 Å². The lowest BCUT2D eigenvalue weighted by Crippen LogP contribution is -2.23. The molecule has 3 heteroatoms. The summed E-state index contributed by atoms with van der Waals surface area (Å²) in [6.45, 7) is 7.95. The van der Waals surface area contributed by atoms with E-state index in [1.165, 1.54) is 77.3 Å². The Kier molecular flexibility index (Phi) is 13.2. The highest BCUT2D eigenvalue weighted by Gasteiger charge is 2.15. The second-order valence-electron chi connectivity index (χ2n) is 7.46. The molecule has 0 aromatic heterocycles. The van der Waals surface area contributed by atoms with Gasteiger partial charge in [0, 0.05) is 6.42 Å². The fourth-order valence-electron chi connectivity index (χ4n) is 3.54. The standard InChI is InChI=1S/C21H41NO2/c1-3-5-7-8-9-10-15-20(14-6-4-2)24-21(23)16-13-19-22-17-11-12-18-22/h20H,3-19H2,1-2H3. The summed E-state index contributed by atoms with van der Waals surface area (Å²) in [6, 6.07) is 0. The van der Waals surface area contributed by atoms with E-state index < -0.39 is 0 Å².